The summed E-state index contributed by atoms with van der Waals surface area (Å²) in [5.41, 5.74) is 2.62. The number of nitrogens with one attached hydrogen (secondary N) is 1. The largest absolute Gasteiger partial charge is 0.349 e. The van der Waals surface area contributed by atoms with Crippen LogP contribution in [-0.2, 0) is 27.8 Å². The molecule has 1 unspecified atom stereocenters. The van der Waals surface area contributed by atoms with E-state index in [0.29, 0.717) is 30.8 Å². The number of aromatic nitrogens is 1. The number of fused-ring (bicyclic) bond motifs is 2. The summed E-state index contributed by atoms with van der Waals surface area (Å²) in [7, 11) is -3.58. The van der Waals surface area contributed by atoms with E-state index in [1.807, 2.05) is 25.3 Å². The Kier molecular flexibility index (Phi) is 3.92. The second kappa shape index (κ2) is 6.00. The molecule has 0 radical (unpaired) electrons. The van der Waals surface area contributed by atoms with Crippen molar-refractivity contribution in [3.8, 4) is 0 Å². The third kappa shape index (κ3) is 2.77. The van der Waals surface area contributed by atoms with Crippen LogP contribution in [0.1, 0.15) is 37.1 Å². The fourth-order valence-electron chi connectivity index (χ4n) is 3.73. The van der Waals surface area contributed by atoms with E-state index in [1.165, 1.54) is 0 Å². The van der Waals surface area contributed by atoms with Crippen LogP contribution in [0.5, 0.6) is 0 Å². The van der Waals surface area contributed by atoms with Crippen molar-refractivity contribution in [2.24, 2.45) is 0 Å². The van der Waals surface area contributed by atoms with E-state index in [1.54, 1.807) is 22.5 Å². The van der Waals surface area contributed by atoms with Crippen molar-refractivity contribution in [2.45, 2.75) is 43.7 Å². The van der Waals surface area contributed by atoms with Gasteiger partial charge in [-0.15, -0.1) is 0 Å². The summed E-state index contributed by atoms with van der Waals surface area (Å²) in [5, 5.41) is 2.85. The van der Waals surface area contributed by atoms with Crippen LogP contribution in [0.3, 0.4) is 0 Å². The molecule has 0 fully saturated rings. The first-order valence-corrected chi connectivity index (χ1v) is 10.0. The lowest BCUT2D eigenvalue weighted by atomic mass is 10.1. The summed E-state index contributed by atoms with van der Waals surface area (Å²) in [6.07, 6.45) is 3.89. The molecule has 0 bridgehead atoms. The van der Waals surface area contributed by atoms with Crippen molar-refractivity contribution < 1.29 is 13.2 Å². The van der Waals surface area contributed by atoms with Crippen LogP contribution >= 0.6 is 0 Å². The summed E-state index contributed by atoms with van der Waals surface area (Å²) in [5.74, 6) is -0.0141. The monoisotopic (exact) mass is 359 g/mol. The normalized spacial score (nSPS) is 21.2. The van der Waals surface area contributed by atoms with Gasteiger partial charge in [0, 0.05) is 37.1 Å². The molecule has 6 nitrogen and oxygen atoms in total. The predicted molar refractivity (Wildman–Crippen MR) is 94.7 cm³/mol. The van der Waals surface area contributed by atoms with E-state index >= 15 is 0 Å². The topological polar surface area (TPSA) is 71.4 Å². The molecule has 1 aromatic carbocycles. The van der Waals surface area contributed by atoms with E-state index in [9.17, 15) is 13.2 Å². The van der Waals surface area contributed by atoms with Crippen LogP contribution < -0.4 is 5.32 Å². The summed E-state index contributed by atoms with van der Waals surface area (Å²) in [6, 6.07) is 8.75. The van der Waals surface area contributed by atoms with Crippen LogP contribution in [0.2, 0.25) is 0 Å². The second-order valence-electron chi connectivity index (χ2n) is 6.64. The molecule has 132 valence electrons. The Morgan fingerprint density at radius 1 is 1.16 bits per heavy atom. The number of amides is 1. The predicted octanol–water partition coefficient (Wildman–Crippen LogP) is 2.53. The van der Waals surface area contributed by atoms with Gasteiger partial charge in [0.1, 0.15) is 0 Å². The molecule has 4 rings (SSSR count). The zero-order valence-electron chi connectivity index (χ0n) is 14.1. The number of rotatable bonds is 2. The Bertz CT molecular complexity index is 933. The number of sulfonamides is 1. The molecule has 3 heterocycles. The van der Waals surface area contributed by atoms with Crippen molar-refractivity contribution in [1.29, 1.82) is 0 Å². The Balaban J connectivity index is 1.69. The molecule has 0 saturated carbocycles. The summed E-state index contributed by atoms with van der Waals surface area (Å²) < 4.78 is 30.1. The van der Waals surface area contributed by atoms with Crippen LogP contribution in [0, 0.1) is 0 Å². The quantitative estimate of drug-likeness (QED) is 0.896. The number of hydrogen-bond donors (Lipinski definition) is 1. The summed E-state index contributed by atoms with van der Waals surface area (Å²) in [6.45, 7) is 3.04. The number of carbonyl (C=O) groups is 1. The van der Waals surface area contributed by atoms with Gasteiger partial charge in [0.05, 0.1) is 10.9 Å². The zero-order chi connectivity index (χ0) is 17.6. The number of nitrogens with zero attached hydrogens (tertiary/aromatic N) is 2. The molecular formula is C18H21N3O3S. The first kappa shape index (κ1) is 16.4. The van der Waals surface area contributed by atoms with Crippen LogP contribution in [-0.4, -0.2) is 29.7 Å². The molecule has 1 N–H and O–H groups in total. The summed E-state index contributed by atoms with van der Waals surface area (Å²) >= 11 is 0. The van der Waals surface area contributed by atoms with E-state index in [4.69, 9.17) is 0 Å². The SMILES string of the molecule is CC1c2cccn2CCN1S(=O)(=O)c1ccc2c(c1)CCCC(=O)N2. The highest BCUT2D eigenvalue weighted by molar-refractivity contribution is 7.89. The maximum atomic E-state index is 13.2. The molecule has 25 heavy (non-hydrogen) atoms. The van der Waals surface area contributed by atoms with E-state index in [0.717, 1.165) is 23.4 Å². The molecule has 2 aromatic rings. The van der Waals surface area contributed by atoms with Gasteiger partial charge in [-0.25, -0.2) is 8.42 Å². The third-order valence-corrected chi connectivity index (χ3v) is 7.06. The van der Waals surface area contributed by atoms with E-state index in [-0.39, 0.29) is 11.9 Å². The molecule has 7 heteroatoms. The lowest BCUT2D eigenvalue weighted by Gasteiger charge is -2.34. The highest BCUT2D eigenvalue weighted by Gasteiger charge is 2.34. The Labute approximate surface area is 147 Å². The number of carbonyl (C=O) groups excluding carboxylic acids is 1. The van der Waals surface area contributed by atoms with Gasteiger partial charge in [-0.1, -0.05) is 0 Å². The van der Waals surface area contributed by atoms with Crippen LogP contribution in [0.4, 0.5) is 5.69 Å². The smallest absolute Gasteiger partial charge is 0.243 e. The molecule has 0 aliphatic carbocycles. The van der Waals surface area contributed by atoms with Gasteiger partial charge in [0.2, 0.25) is 15.9 Å². The van der Waals surface area contributed by atoms with Gasteiger partial charge in [-0.3, -0.25) is 4.79 Å². The molecule has 1 atom stereocenters. The Morgan fingerprint density at radius 2 is 2.00 bits per heavy atom. The average Bonchev–Trinajstić information content (AvgIpc) is 2.98. The highest BCUT2D eigenvalue weighted by Crippen LogP contribution is 2.33. The number of aryl methyl sites for hydroxylation is 1. The minimum atomic E-state index is -3.58. The van der Waals surface area contributed by atoms with Crippen molar-refractivity contribution in [3.63, 3.8) is 0 Å². The molecule has 1 amide bonds. The third-order valence-electron chi connectivity index (χ3n) is 5.09. The number of anilines is 1. The fourth-order valence-corrected chi connectivity index (χ4v) is 5.38. The fraction of sp³-hybridized carbons (Fsp3) is 0.389. The molecule has 2 aliphatic rings. The number of benzene rings is 1. The van der Waals surface area contributed by atoms with Crippen molar-refractivity contribution in [1.82, 2.24) is 8.87 Å². The minimum absolute atomic E-state index is 0.0141. The standard InChI is InChI=1S/C18H21N3O3S/c1-13-17-5-3-9-20(17)10-11-21(13)25(23,24)15-7-8-16-14(12-15)4-2-6-18(22)19-16/h3,5,7-9,12-13H,2,4,6,10-11H2,1H3,(H,19,22). The highest BCUT2D eigenvalue weighted by atomic mass is 32.2. The maximum absolute atomic E-state index is 13.2. The molecule has 0 saturated heterocycles. The van der Waals surface area contributed by atoms with E-state index < -0.39 is 10.0 Å². The molecule has 1 aromatic heterocycles. The van der Waals surface area contributed by atoms with Gasteiger partial charge in [-0.05, 0) is 55.7 Å². The maximum Gasteiger partial charge on any atom is 0.243 e. The molecule has 0 spiro atoms. The average molecular weight is 359 g/mol. The zero-order valence-corrected chi connectivity index (χ0v) is 14.9. The Hall–Kier alpha value is -2.12. The van der Waals surface area contributed by atoms with E-state index in [2.05, 4.69) is 9.88 Å². The minimum Gasteiger partial charge on any atom is -0.349 e. The number of hydrogen-bond acceptors (Lipinski definition) is 3. The van der Waals surface area contributed by atoms with Gasteiger partial charge < -0.3 is 9.88 Å². The first-order chi connectivity index (χ1) is 12.0. The second-order valence-corrected chi connectivity index (χ2v) is 8.53. The Morgan fingerprint density at radius 3 is 2.84 bits per heavy atom. The lowest BCUT2D eigenvalue weighted by Crippen LogP contribution is -2.40. The lowest BCUT2D eigenvalue weighted by molar-refractivity contribution is -0.116. The van der Waals surface area contributed by atoms with Crippen molar-refractivity contribution >= 4 is 21.6 Å². The molecule has 2 aliphatic heterocycles. The first-order valence-electron chi connectivity index (χ1n) is 8.56. The van der Waals surface area contributed by atoms with Crippen molar-refractivity contribution in [2.75, 3.05) is 11.9 Å². The van der Waals surface area contributed by atoms with Crippen LogP contribution in [0.25, 0.3) is 0 Å². The summed E-state index contributed by atoms with van der Waals surface area (Å²) in [4.78, 5) is 12.0. The van der Waals surface area contributed by atoms with Gasteiger partial charge in [0.25, 0.3) is 0 Å². The van der Waals surface area contributed by atoms with Gasteiger partial charge in [0.15, 0.2) is 0 Å². The van der Waals surface area contributed by atoms with Crippen molar-refractivity contribution in [3.05, 3.63) is 47.8 Å². The molecular weight excluding hydrogens is 338 g/mol. The van der Waals surface area contributed by atoms with Gasteiger partial charge >= 0.3 is 0 Å². The van der Waals surface area contributed by atoms with Gasteiger partial charge in [-0.2, -0.15) is 4.31 Å². The van der Waals surface area contributed by atoms with Crippen LogP contribution in [0.15, 0.2) is 41.4 Å².